The molecule has 1 N–H and O–H groups in total. The molecule has 1 amide bonds. The van der Waals surface area contributed by atoms with E-state index < -0.39 is 0 Å². The number of hydrogen-bond acceptors (Lipinski definition) is 5. The van der Waals surface area contributed by atoms with Crippen molar-refractivity contribution in [3.05, 3.63) is 78.6 Å². The third-order valence-electron chi connectivity index (χ3n) is 4.41. The molecule has 0 bridgehead atoms. The first-order valence-electron chi connectivity index (χ1n) is 9.85. The Morgan fingerprint density at radius 3 is 2.70 bits per heavy atom. The molecule has 0 aliphatic carbocycles. The fraction of sp³-hybridized carbons (Fsp3) is 0.261. The number of allylic oxidation sites excluding steroid dienone is 1. The second-order valence-electron chi connectivity index (χ2n) is 6.77. The summed E-state index contributed by atoms with van der Waals surface area (Å²) in [6.45, 7) is 8.49. The van der Waals surface area contributed by atoms with Crippen molar-refractivity contribution in [2.45, 2.75) is 47.9 Å². The molecule has 0 aliphatic heterocycles. The van der Waals surface area contributed by atoms with Gasteiger partial charge in [0.25, 0.3) is 0 Å². The normalized spacial score (nSPS) is 11.8. The maximum Gasteiger partial charge on any atom is 0.237 e. The van der Waals surface area contributed by atoms with Crippen LogP contribution in [0.3, 0.4) is 0 Å². The first-order valence-corrected chi connectivity index (χ1v) is 11.7. The molecule has 0 spiro atoms. The van der Waals surface area contributed by atoms with Gasteiger partial charge in [-0.3, -0.25) is 4.79 Å². The van der Waals surface area contributed by atoms with Crippen LogP contribution in [0.5, 0.6) is 0 Å². The van der Waals surface area contributed by atoms with Gasteiger partial charge >= 0.3 is 0 Å². The van der Waals surface area contributed by atoms with Crippen LogP contribution in [0.15, 0.2) is 77.3 Å². The number of nitrogens with zero attached hydrogens (tertiary/aromatic N) is 3. The second kappa shape index (κ2) is 11.0. The van der Waals surface area contributed by atoms with Crippen LogP contribution in [0.4, 0.5) is 5.69 Å². The summed E-state index contributed by atoms with van der Waals surface area (Å²) in [6.07, 6.45) is 2.52. The summed E-state index contributed by atoms with van der Waals surface area (Å²) in [5, 5.41) is 12.3. The van der Waals surface area contributed by atoms with Crippen molar-refractivity contribution in [2.75, 3.05) is 5.32 Å². The van der Waals surface area contributed by atoms with Crippen LogP contribution >= 0.6 is 23.5 Å². The summed E-state index contributed by atoms with van der Waals surface area (Å²) in [5.74, 6) is 1.55. The molecular weight excluding hydrogens is 412 g/mol. The highest BCUT2D eigenvalue weighted by molar-refractivity contribution is 8.00. The Balaban J connectivity index is 1.71. The Morgan fingerprint density at radius 2 is 2.00 bits per heavy atom. The Morgan fingerprint density at radius 1 is 1.20 bits per heavy atom. The Hall–Kier alpha value is -2.51. The van der Waals surface area contributed by atoms with Crippen molar-refractivity contribution in [3.63, 3.8) is 0 Å². The minimum Gasteiger partial charge on any atom is -0.325 e. The number of hydrogen-bond donors (Lipinski definition) is 1. The van der Waals surface area contributed by atoms with Gasteiger partial charge in [-0.1, -0.05) is 55.1 Å². The smallest absolute Gasteiger partial charge is 0.237 e. The van der Waals surface area contributed by atoms with Gasteiger partial charge in [-0.15, -0.1) is 28.5 Å². The lowest BCUT2D eigenvalue weighted by Gasteiger charge is -2.15. The van der Waals surface area contributed by atoms with Crippen LogP contribution in [-0.2, 0) is 17.1 Å². The average molecular weight is 439 g/mol. The number of benzene rings is 2. The molecule has 1 unspecified atom stereocenters. The molecule has 7 heteroatoms. The molecule has 3 rings (SSSR count). The Labute approximate surface area is 186 Å². The number of carbonyl (C=O) groups is 1. The van der Waals surface area contributed by atoms with Crippen LogP contribution in [0, 0.1) is 6.92 Å². The van der Waals surface area contributed by atoms with E-state index in [1.54, 1.807) is 11.8 Å². The summed E-state index contributed by atoms with van der Waals surface area (Å²) >= 11 is 3.16. The van der Waals surface area contributed by atoms with Gasteiger partial charge in [0.05, 0.1) is 11.0 Å². The SMILES string of the molecule is C=CCn1c(CSc2ccccc2)nnc1SC(CC)C(=O)Nc1cccc(C)c1. The fourth-order valence-electron chi connectivity index (χ4n) is 2.89. The summed E-state index contributed by atoms with van der Waals surface area (Å²) in [6, 6.07) is 18.0. The van der Waals surface area contributed by atoms with E-state index in [4.69, 9.17) is 0 Å². The van der Waals surface area contributed by atoms with Crippen molar-refractivity contribution in [1.29, 1.82) is 0 Å². The van der Waals surface area contributed by atoms with E-state index in [1.807, 2.05) is 67.0 Å². The fourth-order valence-corrected chi connectivity index (χ4v) is 4.73. The molecule has 1 heterocycles. The molecule has 0 radical (unpaired) electrons. The molecule has 2 aromatic carbocycles. The standard InChI is InChI=1S/C23H26N4OS2/c1-4-14-27-21(16-29-19-12-7-6-8-13-19)25-26-23(27)30-20(5-2)22(28)24-18-11-9-10-17(3)15-18/h4,6-13,15,20H,1,5,14,16H2,2-3H3,(H,24,28). The predicted molar refractivity (Wildman–Crippen MR) is 126 cm³/mol. The zero-order valence-electron chi connectivity index (χ0n) is 17.2. The zero-order chi connectivity index (χ0) is 21.3. The molecule has 1 aromatic heterocycles. The molecule has 156 valence electrons. The monoisotopic (exact) mass is 438 g/mol. The zero-order valence-corrected chi connectivity index (χ0v) is 18.9. The Kier molecular flexibility index (Phi) is 8.16. The number of aromatic nitrogens is 3. The topological polar surface area (TPSA) is 59.8 Å². The number of thioether (sulfide) groups is 2. The second-order valence-corrected chi connectivity index (χ2v) is 8.99. The van der Waals surface area contributed by atoms with Crippen LogP contribution in [-0.4, -0.2) is 25.9 Å². The van der Waals surface area contributed by atoms with Gasteiger partial charge in [0, 0.05) is 17.1 Å². The molecular formula is C23H26N4OS2. The van der Waals surface area contributed by atoms with E-state index in [-0.39, 0.29) is 11.2 Å². The van der Waals surface area contributed by atoms with Gasteiger partial charge in [0.2, 0.25) is 5.91 Å². The maximum absolute atomic E-state index is 12.8. The lowest BCUT2D eigenvalue weighted by molar-refractivity contribution is -0.115. The van der Waals surface area contributed by atoms with Crippen molar-refractivity contribution < 1.29 is 4.79 Å². The first-order chi connectivity index (χ1) is 14.6. The molecule has 3 aromatic rings. The highest BCUT2D eigenvalue weighted by atomic mass is 32.2. The number of rotatable bonds is 10. The van der Waals surface area contributed by atoms with Crippen LogP contribution in [0.25, 0.3) is 0 Å². The van der Waals surface area contributed by atoms with Crippen LogP contribution in [0.2, 0.25) is 0 Å². The molecule has 0 aliphatic rings. The molecule has 30 heavy (non-hydrogen) atoms. The molecule has 1 atom stereocenters. The van der Waals surface area contributed by atoms with Gasteiger partial charge in [0.1, 0.15) is 5.82 Å². The highest BCUT2D eigenvalue weighted by Gasteiger charge is 2.22. The van der Waals surface area contributed by atoms with Gasteiger partial charge in [-0.2, -0.15) is 0 Å². The molecule has 5 nitrogen and oxygen atoms in total. The van der Waals surface area contributed by atoms with E-state index in [2.05, 4.69) is 34.2 Å². The van der Waals surface area contributed by atoms with Gasteiger partial charge in [-0.25, -0.2) is 0 Å². The lowest BCUT2D eigenvalue weighted by atomic mass is 10.2. The number of amides is 1. The van der Waals surface area contributed by atoms with E-state index in [0.29, 0.717) is 18.7 Å². The van der Waals surface area contributed by atoms with Crippen LogP contribution < -0.4 is 5.32 Å². The number of nitrogens with one attached hydrogen (secondary N) is 1. The van der Waals surface area contributed by atoms with Crippen LogP contribution in [0.1, 0.15) is 24.7 Å². The van der Waals surface area contributed by atoms with Crippen molar-refractivity contribution >= 4 is 35.1 Å². The number of aryl methyl sites for hydroxylation is 1. The Bertz CT molecular complexity index is 988. The van der Waals surface area contributed by atoms with Gasteiger partial charge in [0.15, 0.2) is 5.16 Å². The maximum atomic E-state index is 12.8. The van der Waals surface area contributed by atoms with Crippen molar-refractivity contribution in [3.8, 4) is 0 Å². The summed E-state index contributed by atoms with van der Waals surface area (Å²) < 4.78 is 2.04. The molecule has 0 saturated carbocycles. The van der Waals surface area contributed by atoms with E-state index in [9.17, 15) is 4.79 Å². The first kappa shape index (κ1) is 22.2. The third kappa shape index (κ3) is 6.00. The van der Waals surface area contributed by atoms with Gasteiger partial charge in [-0.05, 0) is 43.2 Å². The van der Waals surface area contributed by atoms with Gasteiger partial charge < -0.3 is 9.88 Å². The predicted octanol–water partition coefficient (Wildman–Crippen LogP) is 5.57. The van der Waals surface area contributed by atoms with Crippen molar-refractivity contribution in [1.82, 2.24) is 14.8 Å². The average Bonchev–Trinajstić information content (AvgIpc) is 3.12. The third-order valence-corrected chi connectivity index (χ3v) is 6.77. The molecule has 0 saturated heterocycles. The summed E-state index contributed by atoms with van der Waals surface area (Å²) in [5.41, 5.74) is 1.92. The van der Waals surface area contributed by atoms with E-state index >= 15 is 0 Å². The largest absolute Gasteiger partial charge is 0.325 e. The van der Waals surface area contributed by atoms with Crippen molar-refractivity contribution in [2.24, 2.45) is 0 Å². The molecule has 0 fully saturated rings. The minimum absolute atomic E-state index is 0.0264. The lowest BCUT2D eigenvalue weighted by Crippen LogP contribution is -2.25. The highest BCUT2D eigenvalue weighted by Crippen LogP contribution is 2.28. The summed E-state index contributed by atoms with van der Waals surface area (Å²) in [7, 11) is 0. The summed E-state index contributed by atoms with van der Waals surface area (Å²) in [4.78, 5) is 14.0. The quantitative estimate of drug-likeness (QED) is 0.331. The van der Waals surface area contributed by atoms with E-state index in [1.165, 1.54) is 16.7 Å². The number of anilines is 1. The van der Waals surface area contributed by atoms with E-state index in [0.717, 1.165) is 22.2 Å². The number of carbonyl (C=O) groups excluding carboxylic acids is 1. The minimum atomic E-state index is -0.257.